The van der Waals surface area contributed by atoms with Gasteiger partial charge in [-0.15, -0.1) is 11.3 Å². The van der Waals surface area contributed by atoms with Crippen LogP contribution >= 0.6 is 11.3 Å². The highest BCUT2D eigenvalue weighted by atomic mass is 32.1. The van der Waals surface area contributed by atoms with E-state index in [1.807, 2.05) is 24.8 Å². The third kappa shape index (κ3) is 2.33. The van der Waals surface area contributed by atoms with Crippen molar-refractivity contribution in [2.75, 3.05) is 6.54 Å². The smallest absolute Gasteiger partial charge is 0.318 e. The van der Waals surface area contributed by atoms with Gasteiger partial charge in [-0.1, -0.05) is 6.07 Å². The number of urea groups is 1. The zero-order valence-electron chi connectivity index (χ0n) is 11.7. The summed E-state index contributed by atoms with van der Waals surface area (Å²) in [6.45, 7) is 5.58. The van der Waals surface area contributed by atoms with Crippen molar-refractivity contribution in [2.24, 2.45) is 0 Å². The maximum absolute atomic E-state index is 12.5. The molecule has 106 valence electrons. The molecule has 4 nitrogen and oxygen atoms in total. The van der Waals surface area contributed by atoms with E-state index >= 15 is 0 Å². The van der Waals surface area contributed by atoms with E-state index in [0.717, 1.165) is 13.1 Å². The first-order valence-corrected chi connectivity index (χ1v) is 7.80. The molecule has 2 aromatic rings. The van der Waals surface area contributed by atoms with Crippen LogP contribution in [0.15, 0.2) is 35.8 Å². The van der Waals surface area contributed by atoms with Crippen LogP contribution in [0, 0.1) is 0 Å². The van der Waals surface area contributed by atoms with Crippen LogP contribution in [0.1, 0.15) is 30.5 Å². The number of amides is 2. The zero-order valence-corrected chi connectivity index (χ0v) is 12.6. The molecule has 20 heavy (non-hydrogen) atoms. The SMILES string of the molecule is CC(C)NC(=O)N1CCn2cccc2[C@H]1c1cccs1. The van der Waals surface area contributed by atoms with Gasteiger partial charge in [0.05, 0.1) is 0 Å². The molecule has 0 aliphatic carbocycles. The summed E-state index contributed by atoms with van der Waals surface area (Å²) in [5, 5.41) is 5.07. The molecule has 1 N–H and O–H groups in total. The monoisotopic (exact) mass is 289 g/mol. The Morgan fingerprint density at radius 2 is 2.20 bits per heavy atom. The summed E-state index contributed by atoms with van der Waals surface area (Å²) in [6.07, 6.45) is 2.09. The highest BCUT2D eigenvalue weighted by Crippen LogP contribution is 2.34. The molecule has 0 radical (unpaired) electrons. The van der Waals surface area contributed by atoms with Gasteiger partial charge in [0.1, 0.15) is 6.04 Å². The predicted molar refractivity (Wildman–Crippen MR) is 81.0 cm³/mol. The molecule has 0 unspecified atom stereocenters. The maximum Gasteiger partial charge on any atom is 0.318 e. The molecule has 0 aromatic carbocycles. The van der Waals surface area contributed by atoms with Crippen LogP contribution in [-0.4, -0.2) is 28.1 Å². The molecular weight excluding hydrogens is 270 g/mol. The maximum atomic E-state index is 12.5. The molecule has 2 aromatic heterocycles. The van der Waals surface area contributed by atoms with Gasteiger partial charge < -0.3 is 14.8 Å². The number of nitrogens with one attached hydrogen (secondary N) is 1. The van der Waals surface area contributed by atoms with E-state index in [1.165, 1.54) is 10.6 Å². The Hall–Kier alpha value is -1.75. The first-order chi connectivity index (χ1) is 9.66. The lowest BCUT2D eigenvalue weighted by molar-refractivity contribution is 0.167. The Balaban J connectivity index is 1.96. The van der Waals surface area contributed by atoms with Gasteiger partial charge in [-0.25, -0.2) is 4.79 Å². The fourth-order valence-corrected chi connectivity index (χ4v) is 3.53. The average molecular weight is 289 g/mol. The number of hydrogen-bond acceptors (Lipinski definition) is 2. The average Bonchev–Trinajstić information content (AvgIpc) is 3.07. The van der Waals surface area contributed by atoms with Crippen LogP contribution in [-0.2, 0) is 6.54 Å². The second-order valence-corrected chi connectivity index (χ2v) is 6.32. The van der Waals surface area contributed by atoms with Crippen LogP contribution in [0.5, 0.6) is 0 Å². The Bertz CT molecular complexity index is 588. The number of carbonyl (C=O) groups excluding carboxylic acids is 1. The van der Waals surface area contributed by atoms with E-state index in [0.29, 0.717) is 0 Å². The Labute approximate surface area is 123 Å². The molecule has 3 heterocycles. The number of rotatable bonds is 2. The molecule has 1 aliphatic heterocycles. The van der Waals surface area contributed by atoms with Crippen molar-refractivity contribution in [1.82, 2.24) is 14.8 Å². The van der Waals surface area contributed by atoms with Gasteiger partial charge in [-0.05, 0) is 37.4 Å². The molecular formula is C15H19N3OS. The van der Waals surface area contributed by atoms with Gasteiger partial charge >= 0.3 is 6.03 Å². The predicted octanol–water partition coefficient (Wildman–Crippen LogP) is 3.07. The Morgan fingerprint density at radius 3 is 2.90 bits per heavy atom. The van der Waals surface area contributed by atoms with E-state index in [-0.39, 0.29) is 18.1 Å². The zero-order chi connectivity index (χ0) is 14.1. The molecule has 0 saturated heterocycles. The molecule has 5 heteroatoms. The summed E-state index contributed by atoms with van der Waals surface area (Å²) in [6, 6.07) is 8.51. The Morgan fingerprint density at radius 1 is 1.35 bits per heavy atom. The summed E-state index contributed by atoms with van der Waals surface area (Å²) in [4.78, 5) is 15.6. The van der Waals surface area contributed by atoms with E-state index in [9.17, 15) is 4.79 Å². The van der Waals surface area contributed by atoms with Crippen molar-refractivity contribution in [1.29, 1.82) is 0 Å². The summed E-state index contributed by atoms with van der Waals surface area (Å²) in [5.74, 6) is 0. The molecule has 0 spiro atoms. The normalized spacial score (nSPS) is 18.1. The lowest BCUT2D eigenvalue weighted by Gasteiger charge is -2.37. The van der Waals surface area contributed by atoms with Crippen molar-refractivity contribution in [3.63, 3.8) is 0 Å². The topological polar surface area (TPSA) is 37.3 Å². The van der Waals surface area contributed by atoms with E-state index in [1.54, 1.807) is 11.3 Å². The van der Waals surface area contributed by atoms with Gasteiger partial charge in [0.2, 0.25) is 0 Å². The Kier molecular flexibility index (Phi) is 3.53. The molecule has 1 atom stereocenters. The second kappa shape index (κ2) is 5.32. The van der Waals surface area contributed by atoms with Crippen LogP contribution in [0.2, 0.25) is 0 Å². The van der Waals surface area contributed by atoms with Gasteiger partial charge in [-0.3, -0.25) is 0 Å². The van der Waals surface area contributed by atoms with E-state index < -0.39 is 0 Å². The van der Waals surface area contributed by atoms with Crippen molar-refractivity contribution >= 4 is 17.4 Å². The van der Waals surface area contributed by atoms with Crippen molar-refractivity contribution in [2.45, 2.75) is 32.5 Å². The molecule has 2 amide bonds. The van der Waals surface area contributed by atoms with Crippen LogP contribution in [0.3, 0.4) is 0 Å². The highest BCUT2D eigenvalue weighted by molar-refractivity contribution is 7.10. The molecule has 1 aliphatic rings. The molecule has 3 rings (SSSR count). The third-order valence-electron chi connectivity index (χ3n) is 3.52. The van der Waals surface area contributed by atoms with Gasteiger partial charge in [0.25, 0.3) is 0 Å². The van der Waals surface area contributed by atoms with Crippen molar-refractivity contribution in [3.05, 3.63) is 46.4 Å². The number of aromatic nitrogens is 1. The quantitative estimate of drug-likeness (QED) is 0.906. The van der Waals surface area contributed by atoms with Gasteiger partial charge in [-0.2, -0.15) is 0 Å². The molecule has 0 fully saturated rings. The lowest BCUT2D eigenvalue weighted by Crippen LogP contribution is -2.48. The summed E-state index contributed by atoms with van der Waals surface area (Å²) in [7, 11) is 0. The van der Waals surface area contributed by atoms with Crippen molar-refractivity contribution < 1.29 is 4.79 Å². The summed E-state index contributed by atoms with van der Waals surface area (Å²) >= 11 is 1.70. The lowest BCUT2D eigenvalue weighted by atomic mass is 10.1. The fourth-order valence-electron chi connectivity index (χ4n) is 2.68. The van der Waals surface area contributed by atoms with E-state index in [2.05, 4.69) is 39.7 Å². The fraction of sp³-hybridized carbons (Fsp3) is 0.400. The number of thiophene rings is 1. The largest absolute Gasteiger partial charge is 0.347 e. The van der Waals surface area contributed by atoms with Crippen LogP contribution in [0.25, 0.3) is 0 Å². The number of nitrogens with zero attached hydrogens (tertiary/aromatic N) is 2. The van der Waals surface area contributed by atoms with Gasteiger partial charge in [0.15, 0.2) is 0 Å². The minimum atomic E-state index is 0.0193. The van der Waals surface area contributed by atoms with Gasteiger partial charge in [0, 0.05) is 35.9 Å². The standard InChI is InChI=1S/C15H19N3OS/c1-11(2)16-15(19)18-9-8-17-7-3-5-12(17)14(18)13-6-4-10-20-13/h3-7,10-11,14H,8-9H2,1-2H3,(H,16,19)/t14-/m0/s1. The molecule has 0 bridgehead atoms. The third-order valence-corrected chi connectivity index (χ3v) is 4.45. The minimum Gasteiger partial charge on any atom is -0.347 e. The van der Waals surface area contributed by atoms with Crippen LogP contribution in [0.4, 0.5) is 4.79 Å². The van der Waals surface area contributed by atoms with Crippen LogP contribution < -0.4 is 5.32 Å². The highest BCUT2D eigenvalue weighted by Gasteiger charge is 2.32. The number of hydrogen-bond donors (Lipinski definition) is 1. The van der Waals surface area contributed by atoms with Crippen molar-refractivity contribution in [3.8, 4) is 0 Å². The molecule has 0 saturated carbocycles. The number of fused-ring (bicyclic) bond motifs is 1. The summed E-state index contributed by atoms with van der Waals surface area (Å²) in [5.41, 5.74) is 1.19. The first kappa shape index (κ1) is 13.2. The van der Waals surface area contributed by atoms with E-state index in [4.69, 9.17) is 0 Å². The number of carbonyl (C=O) groups is 1. The summed E-state index contributed by atoms with van der Waals surface area (Å²) < 4.78 is 2.24. The second-order valence-electron chi connectivity index (χ2n) is 5.34. The first-order valence-electron chi connectivity index (χ1n) is 6.92. The minimum absolute atomic E-state index is 0.0193.